The lowest BCUT2D eigenvalue weighted by Crippen LogP contribution is -2.51. The maximum absolute atomic E-state index is 11.7. The number of thioether (sulfide) groups is 1. The van der Waals surface area contributed by atoms with Crippen molar-refractivity contribution in [1.29, 1.82) is 0 Å². The molecule has 0 bridgehead atoms. The molecular formula is C11H19N3O4S. The minimum Gasteiger partial charge on any atom is -0.480 e. The second-order valence-corrected chi connectivity index (χ2v) is 5.57. The van der Waals surface area contributed by atoms with Crippen LogP contribution in [0.3, 0.4) is 0 Å². The molecule has 108 valence electrons. The van der Waals surface area contributed by atoms with E-state index in [-0.39, 0.29) is 6.04 Å². The van der Waals surface area contributed by atoms with Crippen molar-refractivity contribution in [2.45, 2.75) is 43.0 Å². The standard InChI is InChI=1S/C11H19N3O4S/c1-19-8-4-2-3-6(8)13-11(18)14-7(10(16)17)5-9(12)15/h6-8H,2-5H2,1H3,(H2,12,15)(H,16,17)(H2,13,14,18). The Labute approximate surface area is 115 Å². The van der Waals surface area contributed by atoms with Crippen LogP contribution in [0, 0.1) is 0 Å². The lowest BCUT2D eigenvalue weighted by molar-refractivity contribution is -0.140. The summed E-state index contributed by atoms with van der Waals surface area (Å²) in [6.07, 6.45) is 4.53. The highest BCUT2D eigenvalue weighted by molar-refractivity contribution is 7.99. The van der Waals surface area contributed by atoms with E-state index in [1.54, 1.807) is 11.8 Å². The molecule has 0 aromatic rings. The Balaban J connectivity index is 2.48. The van der Waals surface area contributed by atoms with E-state index in [4.69, 9.17) is 10.8 Å². The zero-order chi connectivity index (χ0) is 14.4. The van der Waals surface area contributed by atoms with Crippen LogP contribution in [0.15, 0.2) is 0 Å². The number of amides is 3. The topological polar surface area (TPSA) is 122 Å². The number of aliphatic carboxylic acids is 1. The molecule has 1 aliphatic rings. The first-order valence-electron chi connectivity index (χ1n) is 6.05. The maximum atomic E-state index is 11.7. The van der Waals surface area contributed by atoms with E-state index >= 15 is 0 Å². The van der Waals surface area contributed by atoms with Crippen LogP contribution in [0.25, 0.3) is 0 Å². The van der Waals surface area contributed by atoms with Gasteiger partial charge in [0.2, 0.25) is 5.91 Å². The molecule has 19 heavy (non-hydrogen) atoms. The third-order valence-corrected chi connectivity index (χ3v) is 4.25. The van der Waals surface area contributed by atoms with Gasteiger partial charge in [-0.05, 0) is 19.1 Å². The zero-order valence-corrected chi connectivity index (χ0v) is 11.5. The van der Waals surface area contributed by atoms with E-state index < -0.39 is 30.4 Å². The number of carbonyl (C=O) groups is 3. The first kappa shape index (κ1) is 15.6. The Hall–Kier alpha value is -1.44. The van der Waals surface area contributed by atoms with Gasteiger partial charge in [0.25, 0.3) is 0 Å². The van der Waals surface area contributed by atoms with E-state index in [2.05, 4.69) is 10.6 Å². The molecule has 3 atom stereocenters. The Morgan fingerprint density at radius 3 is 2.63 bits per heavy atom. The molecule has 3 amide bonds. The van der Waals surface area contributed by atoms with Gasteiger partial charge < -0.3 is 21.5 Å². The fraction of sp³-hybridized carbons (Fsp3) is 0.727. The Morgan fingerprint density at radius 1 is 1.42 bits per heavy atom. The molecular weight excluding hydrogens is 270 g/mol. The van der Waals surface area contributed by atoms with Gasteiger partial charge in [-0.25, -0.2) is 9.59 Å². The van der Waals surface area contributed by atoms with Gasteiger partial charge in [0.15, 0.2) is 0 Å². The minimum atomic E-state index is -1.29. The number of carbonyl (C=O) groups excluding carboxylic acids is 2. The fourth-order valence-corrected chi connectivity index (χ4v) is 3.08. The Bertz CT molecular complexity index is 364. The highest BCUT2D eigenvalue weighted by Crippen LogP contribution is 2.28. The number of primary amides is 1. The van der Waals surface area contributed by atoms with Gasteiger partial charge in [0.05, 0.1) is 6.42 Å². The first-order chi connectivity index (χ1) is 8.93. The van der Waals surface area contributed by atoms with Crippen molar-refractivity contribution in [2.24, 2.45) is 5.73 Å². The number of hydrogen-bond acceptors (Lipinski definition) is 4. The van der Waals surface area contributed by atoms with Crippen molar-refractivity contribution >= 4 is 29.7 Å². The molecule has 1 saturated carbocycles. The van der Waals surface area contributed by atoms with Crippen LogP contribution >= 0.6 is 11.8 Å². The van der Waals surface area contributed by atoms with Crippen LogP contribution in [0.5, 0.6) is 0 Å². The van der Waals surface area contributed by atoms with Gasteiger partial charge in [-0.15, -0.1) is 0 Å². The van der Waals surface area contributed by atoms with E-state index in [1.807, 2.05) is 6.26 Å². The van der Waals surface area contributed by atoms with Crippen molar-refractivity contribution < 1.29 is 19.5 Å². The number of rotatable bonds is 6. The molecule has 0 aromatic carbocycles. The summed E-state index contributed by atoms with van der Waals surface area (Å²) >= 11 is 1.69. The third kappa shape index (κ3) is 4.98. The summed E-state index contributed by atoms with van der Waals surface area (Å²) in [5.41, 5.74) is 4.94. The molecule has 0 aliphatic heterocycles. The van der Waals surface area contributed by atoms with E-state index in [1.165, 1.54) is 0 Å². The fourth-order valence-electron chi connectivity index (χ4n) is 2.14. The molecule has 1 fully saturated rings. The lowest BCUT2D eigenvalue weighted by Gasteiger charge is -2.21. The second-order valence-electron chi connectivity index (χ2n) is 4.49. The predicted octanol–water partition coefficient (Wildman–Crippen LogP) is -0.102. The first-order valence-corrected chi connectivity index (χ1v) is 7.33. The number of carboxylic acids is 1. The highest BCUT2D eigenvalue weighted by Gasteiger charge is 2.29. The van der Waals surface area contributed by atoms with Crippen LogP contribution in [0.2, 0.25) is 0 Å². The summed E-state index contributed by atoms with van der Waals surface area (Å²) in [5.74, 6) is -2.04. The molecule has 1 rings (SSSR count). The van der Waals surface area contributed by atoms with Crippen molar-refractivity contribution in [3.05, 3.63) is 0 Å². The summed E-state index contributed by atoms with van der Waals surface area (Å²) in [5, 5.41) is 14.2. The summed E-state index contributed by atoms with van der Waals surface area (Å²) in [4.78, 5) is 33.3. The van der Waals surface area contributed by atoms with E-state index in [0.29, 0.717) is 5.25 Å². The van der Waals surface area contributed by atoms with Gasteiger partial charge in [-0.3, -0.25) is 4.79 Å². The van der Waals surface area contributed by atoms with Crippen LogP contribution in [-0.2, 0) is 9.59 Å². The lowest BCUT2D eigenvalue weighted by atomic mass is 10.2. The number of carboxylic acid groups (broad SMARTS) is 1. The van der Waals surface area contributed by atoms with Gasteiger partial charge in [-0.2, -0.15) is 11.8 Å². The SMILES string of the molecule is CSC1CCCC1NC(=O)NC(CC(N)=O)C(=O)O. The predicted molar refractivity (Wildman–Crippen MR) is 71.8 cm³/mol. The summed E-state index contributed by atoms with van der Waals surface area (Å²) in [7, 11) is 0. The van der Waals surface area contributed by atoms with Crippen molar-refractivity contribution in [2.75, 3.05) is 6.26 Å². The summed E-state index contributed by atoms with van der Waals surface area (Å²) in [6.45, 7) is 0. The number of hydrogen-bond donors (Lipinski definition) is 4. The highest BCUT2D eigenvalue weighted by atomic mass is 32.2. The number of nitrogens with two attached hydrogens (primary N) is 1. The third-order valence-electron chi connectivity index (χ3n) is 3.08. The number of nitrogens with one attached hydrogen (secondary N) is 2. The van der Waals surface area contributed by atoms with Gasteiger partial charge in [0.1, 0.15) is 6.04 Å². The maximum Gasteiger partial charge on any atom is 0.326 e. The van der Waals surface area contributed by atoms with E-state index in [9.17, 15) is 14.4 Å². The molecule has 0 radical (unpaired) electrons. The molecule has 3 unspecified atom stereocenters. The molecule has 1 aliphatic carbocycles. The molecule has 7 nitrogen and oxygen atoms in total. The van der Waals surface area contributed by atoms with Gasteiger partial charge in [0, 0.05) is 11.3 Å². The average molecular weight is 289 g/mol. The summed E-state index contributed by atoms with van der Waals surface area (Å²) < 4.78 is 0. The molecule has 5 N–H and O–H groups in total. The monoisotopic (exact) mass is 289 g/mol. The average Bonchev–Trinajstić information content (AvgIpc) is 2.74. The van der Waals surface area contributed by atoms with E-state index in [0.717, 1.165) is 19.3 Å². The van der Waals surface area contributed by atoms with Crippen LogP contribution in [0.1, 0.15) is 25.7 Å². The van der Waals surface area contributed by atoms with Crippen LogP contribution in [-0.4, -0.2) is 46.6 Å². The molecule has 0 aromatic heterocycles. The molecule has 0 saturated heterocycles. The normalized spacial score (nSPS) is 23.6. The van der Waals surface area contributed by atoms with Crippen molar-refractivity contribution in [1.82, 2.24) is 10.6 Å². The number of urea groups is 1. The zero-order valence-electron chi connectivity index (χ0n) is 10.7. The van der Waals surface area contributed by atoms with Crippen LogP contribution < -0.4 is 16.4 Å². The van der Waals surface area contributed by atoms with Gasteiger partial charge in [-0.1, -0.05) is 6.42 Å². The Kier molecular flexibility index (Phi) is 5.94. The smallest absolute Gasteiger partial charge is 0.326 e. The molecule has 0 spiro atoms. The van der Waals surface area contributed by atoms with Crippen LogP contribution in [0.4, 0.5) is 4.79 Å². The minimum absolute atomic E-state index is 0.0398. The molecule has 0 heterocycles. The quantitative estimate of drug-likeness (QED) is 0.544. The van der Waals surface area contributed by atoms with Crippen molar-refractivity contribution in [3.63, 3.8) is 0 Å². The second kappa shape index (κ2) is 7.22. The summed E-state index contributed by atoms with van der Waals surface area (Å²) in [6, 6.07) is -1.82. The molecule has 8 heteroatoms. The largest absolute Gasteiger partial charge is 0.480 e. The van der Waals surface area contributed by atoms with Crippen molar-refractivity contribution in [3.8, 4) is 0 Å². The Morgan fingerprint density at radius 2 is 2.11 bits per heavy atom. The van der Waals surface area contributed by atoms with Gasteiger partial charge >= 0.3 is 12.0 Å².